The van der Waals surface area contributed by atoms with Crippen LogP contribution in [0.3, 0.4) is 0 Å². The van der Waals surface area contributed by atoms with Gasteiger partial charge in [-0.1, -0.05) is 26.0 Å². The normalized spacial score (nSPS) is 13.4. The number of para-hydroxylation sites is 1. The van der Waals surface area contributed by atoms with E-state index in [1.807, 2.05) is 19.1 Å². The first-order chi connectivity index (χ1) is 7.51. The standard InChI is InChI=1S/C12H19NO2S/c1-4-10(3)13-11-8-6-7-9-12(11)16(14,15)5-2/h6-10,13H,4-5H2,1-3H3. The first kappa shape index (κ1) is 13.0. The first-order valence-electron chi connectivity index (χ1n) is 5.59. The van der Waals surface area contributed by atoms with Gasteiger partial charge in [-0.3, -0.25) is 0 Å². The lowest BCUT2D eigenvalue weighted by atomic mass is 10.2. The van der Waals surface area contributed by atoms with Crippen molar-refractivity contribution in [2.24, 2.45) is 0 Å². The lowest BCUT2D eigenvalue weighted by molar-refractivity contribution is 0.597. The number of rotatable bonds is 5. The molecule has 0 fully saturated rings. The van der Waals surface area contributed by atoms with Crippen LogP contribution in [0.4, 0.5) is 5.69 Å². The van der Waals surface area contributed by atoms with Crippen molar-refractivity contribution in [3.05, 3.63) is 24.3 Å². The van der Waals surface area contributed by atoms with Crippen molar-refractivity contribution >= 4 is 15.5 Å². The summed E-state index contributed by atoms with van der Waals surface area (Å²) in [6.07, 6.45) is 0.959. The molecule has 0 aliphatic rings. The molecule has 0 aliphatic carbocycles. The minimum absolute atomic E-state index is 0.131. The molecule has 4 heteroatoms. The van der Waals surface area contributed by atoms with Crippen LogP contribution in [0, 0.1) is 0 Å². The molecule has 0 bridgehead atoms. The number of benzene rings is 1. The van der Waals surface area contributed by atoms with Gasteiger partial charge in [-0.25, -0.2) is 8.42 Å². The minimum atomic E-state index is -3.15. The summed E-state index contributed by atoms with van der Waals surface area (Å²) in [5, 5.41) is 3.22. The molecule has 1 aromatic carbocycles. The van der Waals surface area contributed by atoms with Crippen molar-refractivity contribution in [1.29, 1.82) is 0 Å². The summed E-state index contributed by atoms with van der Waals surface area (Å²) in [6, 6.07) is 7.34. The molecule has 0 saturated heterocycles. The molecule has 16 heavy (non-hydrogen) atoms. The van der Waals surface area contributed by atoms with Gasteiger partial charge in [0.1, 0.15) is 0 Å². The number of sulfone groups is 1. The Morgan fingerprint density at radius 2 is 1.88 bits per heavy atom. The van der Waals surface area contributed by atoms with E-state index >= 15 is 0 Å². The Labute approximate surface area is 97.8 Å². The zero-order valence-electron chi connectivity index (χ0n) is 10.0. The number of nitrogens with one attached hydrogen (secondary N) is 1. The first-order valence-corrected chi connectivity index (χ1v) is 7.24. The van der Waals surface area contributed by atoms with Gasteiger partial charge in [0.15, 0.2) is 9.84 Å². The van der Waals surface area contributed by atoms with Gasteiger partial charge in [0.05, 0.1) is 16.3 Å². The highest BCUT2D eigenvalue weighted by atomic mass is 32.2. The summed E-state index contributed by atoms with van der Waals surface area (Å²) in [7, 11) is -3.15. The third-order valence-corrected chi connectivity index (χ3v) is 4.40. The second kappa shape index (κ2) is 5.34. The minimum Gasteiger partial charge on any atom is -0.382 e. The lowest BCUT2D eigenvalue weighted by Crippen LogP contribution is -2.16. The molecule has 0 saturated carbocycles. The molecule has 1 atom stereocenters. The molecule has 0 heterocycles. The quantitative estimate of drug-likeness (QED) is 0.862. The van der Waals surface area contributed by atoms with Gasteiger partial charge < -0.3 is 5.32 Å². The Kier molecular flexibility index (Phi) is 4.35. The average molecular weight is 241 g/mol. The molecule has 0 amide bonds. The van der Waals surface area contributed by atoms with E-state index in [2.05, 4.69) is 12.2 Å². The van der Waals surface area contributed by atoms with E-state index in [-0.39, 0.29) is 11.8 Å². The molecular weight excluding hydrogens is 222 g/mol. The van der Waals surface area contributed by atoms with E-state index in [1.165, 1.54) is 0 Å². The van der Waals surface area contributed by atoms with Gasteiger partial charge in [0.25, 0.3) is 0 Å². The Balaban J connectivity index is 3.11. The lowest BCUT2D eigenvalue weighted by Gasteiger charge is -2.16. The second-order valence-corrected chi connectivity index (χ2v) is 6.10. The largest absolute Gasteiger partial charge is 0.382 e. The van der Waals surface area contributed by atoms with Crippen LogP contribution in [0.5, 0.6) is 0 Å². The van der Waals surface area contributed by atoms with Gasteiger partial charge in [-0.05, 0) is 25.5 Å². The fraction of sp³-hybridized carbons (Fsp3) is 0.500. The Bertz CT molecular complexity index is 440. The summed E-state index contributed by atoms with van der Waals surface area (Å²) in [5.74, 6) is 0.131. The molecule has 0 aliphatic heterocycles. The SMILES string of the molecule is CCC(C)Nc1ccccc1S(=O)(=O)CC. The topological polar surface area (TPSA) is 46.2 Å². The number of hydrogen-bond donors (Lipinski definition) is 1. The number of anilines is 1. The van der Waals surface area contributed by atoms with E-state index in [0.29, 0.717) is 10.6 Å². The van der Waals surface area contributed by atoms with Crippen LogP contribution >= 0.6 is 0 Å². The maximum atomic E-state index is 11.9. The monoisotopic (exact) mass is 241 g/mol. The van der Waals surface area contributed by atoms with Gasteiger partial charge >= 0.3 is 0 Å². The Hall–Kier alpha value is -1.03. The maximum absolute atomic E-state index is 11.9. The number of hydrogen-bond acceptors (Lipinski definition) is 3. The van der Waals surface area contributed by atoms with Crippen LogP contribution < -0.4 is 5.32 Å². The second-order valence-electron chi connectivity index (χ2n) is 3.85. The van der Waals surface area contributed by atoms with E-state index in [1.54, 1.807) is 19.1 Å². The van der Waals surface area contributed by atoms with Crippen LogP contribution in [0.15, 0.2) is 29.2 Å². The molecule has 0 radical (unpaired) electrons. The van der Waals surface area contributed by atoms with Gasteiger partial charge in [0.2, 0.25) is 0 Å². The summed E-state index contributed by atoms with van der Waals surface area (Å²) in [6.45, 7) is 5.76. The van der Waals surface area contributed by atoms with Crippen molar-refractivity contribution in [2.75, 3.05) is 11.1 Å². The van der Waals surface area contributed by atoms with Gasteiger partial charge in [0, 0.05) is 6.04 Å². The molecule has 1 rings (SSSR count). The summed E-state index contributed by atoms with van der Waals surface area (Å²) >= 11 is 0. The molecule has 0 aromatic heterocycles. The highest BCUT2D eigenvalue weighted by Gasteiger charge is 2.16. The van der Waals surface area contributed by atoms with Gasteiger partial charge in [-0.2, -0.15) is 0 Å². The maximum Gasteiger partial charge on any atom is 0.180 e. The molecule has 1 unspecified atom stereocenters. The smallest absolute Gasteiger partial charge is 0.180 e. The molecule has 3 nitrogen and oxygen atoms in total. The van der Waals surface area contributed by atoms with Crippen molar-refractivity contribution < 1.29 is 8.42 Å². The fourth-order valence-electron chi connectivity index (χ4n) is 1.38. The van der Waals surface area contributed by atoms with Crippen LogP contribution in [-0.4, -0.2) is 20.2 Å². The van der Waals surface area contributed by atoms with Crippen LogP contribution in [0.1, 0.15) is 27.2 Å². The third-order valence-electron chi connectivity index (χ3n) is 2.62. The van der Waals surface area contributed by atoms with E-state index < -0.39 is 9.84 Å². The van der Waals surface area contributed by atoms with Crippen molar-refractivity contribution in [3.63, 3.8) is 0 Å². The van der Waals surface area contributed by atoms with E-state index in [9.17, 15) is 8.42 Å². The molecule has 0 spiro atoms. The van der Waals surface area contributed by atoms with E-state index in [0.717, 1.165) is 6.42 Å². The van der Waals surface area contributed by atoms with Gasteiger partial charge in [-0.15, -0.1) is 0 Å². The zero-order valence-corrected chi connectivity index (χ0v) is 10.8. The summed E-state index contributed by atoms with van der Waals surface area (Å²) in [4.78, 5) is 0.401. The molecule has 1 aromatic rings. The van der Waals surface area contributed by atoms with Crippen LogP contribution in [0.2, 0.25) is 0 Å². The van der Waals surface area contributed by atoms with E-state index in [4.69, 9.17) is 0 Å². The molecular formula is C12H19NO2S. The molecule has 1 N–H and O–H groups in total. The summed E-state index contributed by atoms with van der Waals surface area (Å²) in [5.41, 5.74) is 0.707. The van der Waals surface area contributed by atoms with Crippen LogP contribution in [0.25, 0.3) is 0 Å². The fourth-order valence-corrected chi connectivity index (χ4v) is 2.44. The molecule has 90 valence electrons. The summed E-state index contributed by atoms with van der Waals surface area (Å²) < 4.78 is 23.7. The predicted octanol–water partition coefficient (Wildman–Crippen LogP) is 2.69. The zero-order chi connectivity index (χ0) is 12.2. The van der Waals surface area contributed by atoms with Crippen molar-refractivity contribution in [3.8, 4) is 0 Å². The average Bonchev–Trinajstić information content (AvgIpc) is 2.29. The highest BCUT2D eigenvalue weighted by molar-refractivity contribution is 7.91. The van der Waals surface area contributed by atoms with Crippen LogP contribution in [-0.2, 0) is 9.84 Å². The van der Waals surface area contributed by atoms with Crippen molar-refractivity contribution in [2.45, 2.75) is 38.1 Å². The Morgan fingerprint density at radius 1 is 1.25 bits per heavy atom. The Morgan fingerprint density at radius 3 is 2.44 bits per heavy atom. The predicted molar refractivity (Wildman–Crippen MR) is 67.5 cm³/mol. The third kappa shape index (κ3) is 2.98. The van der Waals surface area contributed by atoms with Crippen molar-refractivity contribution in [1.82, 2.24) is 0 Å². The highest BCUT2D eigenvalue weighted by Crippen LogP contribution is 2.22.